The van der Waals surface area contributed by atoms with E-state index in [0.717, 1.165) is 12.8 Å². The van der Waals surface area contributed by atoms with Crippen LogP contribution in [0.15, 0.2) is 24.3 Å². The highest BCUT2D eigenvalue weighted by Crippen LogP contribution is 2.29. The van der Waals surface area contributed by atoms with Gasteiger partial charge in [-0.05, 0) is 29.7 Å². The first kappa shape index (κ1) is 18.9. The van der Waals surface area contributed by atoms with Crippen molar-refractivity contribution in [3.8, 4) is 11.5 Å². The van der Waals surface area contributed by atoms with Crippen LogP contribution >= 0.6 is 0 Å². The van der Waals surface area contributed by atoms with E-state index in [9.17, 15) is 13.6 Å². The zero-order chi connectivity index (χ0) is 17.2. The van der Waals surface area contributed by atoms with Crippen LogP contribution in [0, 0.1) is 5.92 Å². The van der Waals surface area contributed by atoms with Gasteiger partial charge in [0, 0.05) is 12.6 Å². The van der Waals surface area contributed by atoms with E-state index >= 15 is 0 Å². The van der Waals surface area contributed by atoms with Gasteiger partial charge in [-0.2, -0.15) is 8.78 Å². The molecule has 1 aromatic carbocycles. The first-order valence-electron chi connectivity index (χ1n) is 7.58. The van der Waals surface area contributed by atoms with Gasteiger partial charge in [0.15, 0.2) is 11.5 Å². The Hall–Kier alpha value is -2.11. The van der Waals surface area contributed by atoms with Gasteiger partial charge >= 0.3 is 6.61 Å². The number of benzene rings is 1. The molecule has 0 fully saturated rings. The van der Waals surface area contributed by atoms with E-state index in [1.54, 1.807) is 12.1 Å². The van der Waals surface area contributed by atoms with Gasteiger partial charge in [0.25, 0.3) is 0 Å². The molecule has 1 N–H and O–H groups in total. The molecule has 1 rings (SSSR count). The molecule has 0 bridgehead atoms. The molecule has 0 aromatic heterocycles. The highest BCUT2D eigenvalue weighted by atomic mass is 19.3. The van der Waals surface area contributed by atoms with Crippen LogP contribution in [-0.4, -0.2) is 26.2 Å². The molecule has 128 valence electrons. The summed E-state index contributed by atoms with van der Waals surface area (Å²) in [6.07, 6.45) is 5.04. The number of halogens is 2. The van der Waals surface area contributed by atoms with Gasteiger partial charge < -0.3 is 14.8 Å². The van der Waals surface area contributed by atoms with Crippen molar-refractivity contribution in [3.05, 3.63) is 29.8 Å². The molecule has 0 aliphatic heterocycles. The van der Waals surface area contributed by atoms with E-state index in [-0.39, 0.29) is 17.4 Å². The van der Waals surface area contributed by atoms with Crippen LogP contribution in [0.1, 0.15) is 32.3 Å². The fourth-order valence-electron chi connectivity index (χ4n) is 2.03. The van der Waals surface area contributed by atoms with Crippen molar-refractivity contribution >= 4 is 12.0 Å². The van der Waals surface area contributed by atoms with Crippen LogP contribution < -0.4 is 14.8 Å². The molecule has 0 spiro atoms. The van der Waals surface area contributed by atoms with Gasteiger partial charge in [0.2, 0.25) is 5.91 Å². The monoisotopic (exact) mass is 327 g/mol. The molecule has 1 amide bonds. The summed E-state index contributed by atoms with van der Waals surface area (Å²) in [5.41, 5.74) is 0.654. The van der Waals surface area contributed by atoms with Crippen LogP contribution in [-0.2, 0) is 4.79 Å². The van der Waals surface area contributed by atoms with E-state index in [1.807, 2.05) is 0 Å². The second kappa shape index (κ2) is 9.82. The lowest BCUT2D eigenvalue weighted by molar-refractivity contribution is -0.116. The number of carbonyl (C=O) groups excluding carboxylic acids is 1. The average Bonchev–Trinajstić information content (AvgIpc) is 2.54. The molecule has 0 saturated heterocycles. The molecule has 0 aliphatic rings. The summed E-state index contributed by atoms with van der Waals surface area (Å²) in [5.74, 6) is 0.421. The number of hydrogen-bond donors (Lipinski definition) is 1. The lowest BCUT2D eigenvalue weighted by Crippen LogP contribution is -2.27. The minimum Gasteiger partial charge on any atom is -0.493 e. The zero-order valence-electron chi connectivity index (χ0n) is 13.6. The van der Waals surface area contributed by atoms with Crippen LogP contribution in [0.3, 0.4) is 0 Å². The molecule has 1 aromatic rings. The van der Waals surface area contributed by atoms with Crippen LogP contribution in [0.4, 0.5) is 8.78 Å². The molecule has 0 heterocycles. The highest BCUT2D eigenvalue weighted by molar-refractivity contribution is 5.91. The van der Waals surface area contributed by atoms with Gasteiger partial charge in [0.1, 0.15) is 0 Å². The number of ether oxygens (including phenoxy) is 2. The Morgan fingerprint density at radius 3 is 2.52 bits per heavy atom. The first-order valence-corrected chi connectivity index (χ1v) is 7.58. The summed E-state index contributed by atoms with van der Waals surface area (Å²) >= 11 is 0. The number of nitrogens with one attached hydrogen (secondary N) is 1. The third-order valence-corrected chi connectivity index (χ3v) is 3.55. The molecular weight excluding hydrogens is 304 g/mol. The summed E-state index contributed by atoms with van der Waals surface area (Å²) in [6.45, 7) is 1.90. The molecule has 0 unspecified atom stereocenters. The number of methoxy groups -OCH3 is 1. The SMILES string of the molecule is CCC(CC)CNC(=O)C=Cc1ccc(OC(F)F)c(OC)c1. The summed E-state index contributed by atoms with van der Waals surface area (Å²) < 4.78 is 33.9. The summed E-state index contributed by atoms with van der Waals surface area (Å²) in [5, 5.41) is 2.84. The number of carbonyl (C=O) groups is 1. The van der Waals surface area contributed by atoms with Gasteiger partial charge in [0.05, 0.1) is 7.11 Å². The van der Waals surface area contributed by atoms with E-state index in [4.69, 9.17) is 4.74 Å². The number of hydrogen-bond acceptors (Lipinski definition) is 3. The van der Waals surface area contributed by atoms with Crippen molar-refractivity contribution in [2.75, 3.05) is 13.7 Å². The molecular formula is C17H23F2NO3. The van der Waals surface area contributed by atoms with Crippen molar-refractivity contribution in [3.63, 3.8) is 0 Å². The molecule has 4 nitrogen and oxygen atoms in total. The smallest absolute Gasteiger partial charge is 0.387 e. The fourth-order valence-corrected chi connectivity index (χ4v) is 2.03. The minimum absolute atomic E-state index is 0.0437. The van der Waals surface area contributed by atoms with Crippen LogP contribution in [0.25, 0.3) is 6.08 Å². The average molecular weight is 327 g/mol. The Bertz CT molecular complexity index is 529. The third kappa shape index (κ3) is 6.67. The second-order valence-electron chi connectivity index (χ2n) is 5.05. The fraction of sp³-hybridized carbons (Fsp3) is 0.471. The Morgan fingerprint density at radius 2 is 1.96 bits per heavy atom. The van der Waals surface area contributed by atoms with Crippen molar-refractivity contribution in [2.24, 2.45) is 5.92 Å². The van der Waals surface area contributed by atoms with Gasteiger partial charge in [-0.3, -0.25) is 4.79 Å². The summed E-state index contributed by atoms with van der Waals surface area (Å²) in [7, 11) is 1.36. The lowest BCUT2D eigenvalue weighted by atomic mass is 10.0. The molecule has 0 atom stereocenters. The molecule has 0 aliphatic carbocycles. The van der Waals surface area contributed by atoms with Crippen LogP contribution in [0.2, 0.25) is 0 Å². The van der Waals surface area contributed by atoms with E-state index in [2.05, 4.69) is 23.9 Å². The van der Waals surface area contributed by atoms with Crippen molar-refractivity contribution in [1.29, 1.82) is 0 Å². The first-order chi connectivity index (χ1) is 11.0. The largest absolute Gasteiger partial charge is 0.493 e. The maximum atomic E-state index is 12.3. The Balaban J connectivity index is 2.67. The number of amides is 1. The predicted molar refractivity (Wildman–Crippen MR) is 85.7 cm³/mol. The van der Waals surface area contributed by atoms with Crippen molar-refractivity contribution < 1.29 is 23.0 Å². The second-order valence-corrected chi connectivity index (χ2v) is 5.05. The normalized spacial score (nSPS) is 11.3. The van der Waals surface area contributed by atoms with Gasteiger partial charge in [-0.15, -0.1) is 0 Å². The molecule has 0 radical (unpaired) electrons. The summed E-state index contributed by atoms with van der Waals surface area (Å²) in [6, 6.07) is 4.49. The molecule has 6 heteroatoms. The topological polar surface area (TPSA) is 47.6 Å². The van der Waals surface area contributed by atoms with Crippen LogP contribution in [0.5, 0.6) is 11.5 Å². The maximum Gasteiger partial charge on any atom is 0.387 e. The van der Waals surface area contributed by atoms with E-state index in [0.29, 0.717) is 18.0 Å². The van der Waals surface area contributed by atoms with E-state index in [1.165, 1.54) is 25.3 Å². The standard InChI is InChI=1S/C17H23F2NO3/c1-4-12(5-2)11-20-16(21)9-7-13-6-8-14(23-17(18)19)15(10-13)22-3/h6-10,12,17H,4-5,11H2,1-3H3,(H,20,21). The zero-order valence-corrected chi connectivity index (χ0v) is 13.6. The summed E-state index contributed by atoms with van der Waals surface area (Å²) in [4.78, 5) is 11.8. The number of alkyl halides is 2. The van der Waals surface area contributed by atoms with Crippen molar-refractivity contribution in [1.82, 2.24) is 5.32 Å². The quantitative estimate of drug-likeness (QED) is 0.701. The molecule has 0 saturated carbocycles. The van der Waals surface area contributed by atoms with Crippen molar-refractivity contribution in [2.45, 2.75) is 33.3 Å². The Morgan fingerprint density at radius 1 is 1.26 bits per heavy atom. The Labute approximate surface area is 135 Å². The molecule has 23 heavy (non-hydrogen) atoms. The minimum atomic E-state index is -2.92. The van der Waals surface area contributed by atoms with E-state index < -0.39 is 6.61 Å². The highest BCUT2D eigenvalue weighted by Gasteiger charge is 2.10. The predicted octanol–water partition coefficient (Wildman–Crippen LogP) is 3.86. The Kier molecular flexibility index (Phi) is 8.08. The van der Waals surface area contributed by atoms with Gasteiger partial charge in [-0.1, -0.05) is 32.8 Å². The number of rotatable bonds is 9. The lowest BCUT2D eigenvalue weighted by Gasteiger charge is -2.12. The van der Waals surface area contributed by atoms with Gasteiger partial charge in [-0.25, -0.2) is 0 Å². The maximum absolute atomic E-state index is 12.3. The third-order valence-electron chi connectivity index (χ3n) is 3.55.